The molecule has 90 valence electrons. The van der Waals surface area contributed by atoms with E-state index in [0.717, 1.165) is 6.07 Å². The minimum Gasteiger partial charge on any atom is -0.502 e. The van der Waals surface area contributed by atoms with Gasteiger partial charge in [0.2, 0.25) is 5.75 Å². The number of Topliss-reactive ketones (excluding diaryl/α,β-unsaturated/α-hetero) is 1. The number of ketones is 1. The number of nitro benzene ring substituents is 2. The maximum atomic E-state index is 11.2. The van der Waals surface area contributed by atoms with Crippen molar-refractivity contribution in [2.24, 2.45) is 0 Å². The van der Waals surface area contributed by atoms with Crippen LogP contribution in [0.15, 0.2) is 12.1 Å². The molecule has 0 saturated carbocycles. The first-order valence-electron chi connectivity index (χ1n) is 4.13. The second-order valence-electron chi connectivity index (χ2n) is 2.93. The summed E-state index contributed by atoms with van der Waals surface area (Å²) in [6.07, 6.45) is 0. The lowest BCUT2D eigenvalue weighted by Crippen LogP contribution is -2.04. The average molecular weight is 261 g/mol. The molecule has 0 aliphatic heterocycles. The van der Waals surface area contributed by atoms with Crippen molar-refractivity contribution in [1.29, 1.82) is 0 Å². The number of halogens is 1. The minimum atomic E-state index is -1.02. The molecule has 0 aromatic heterocycles. The van der Waals surface area contributed by atoms with Crippen LogP contribution in [0.2, 0.25) is 0 Å². The predicted molar refractivity (Wildman–Crippen MR) is 56.5 cm³/mol. The minimum absolute atomic E-state index is 0.541. The molecule has 0 unspecified atom stereocenters. The third kappa shape index (κ3) is 2.48. The number of nitro groups is 2. The van der Waals surface area contributed by atoms with E-state index in [1.165, 1.54) is 0 Å². The molecule has 0 heterocycles. The quantitative estimate of drug-likeness (QED) is 0.380. The van der Waals surface area contributed by atoms with Crippen LogP contribution >= 0.6 is 11.6 Å². The Morgan fingerprint density at radius 1 is 1.29 bits per heavy atom. The Bertz CT molecular complexity index is 515. The molecule has 0 bridgehead atoms. The highest BCUT2D eigenvalue weighted by molar-refractivity contribution is 6.31. The molecule has 0 saturated heterocycles. The van der Waals surface area contributed by atoms with Gasteiger partial charge in [-0.25, -0.2) is 0 Å². The number of phenolic OH excluding ortho intramolecular Hbond substituents is 1. The van der Waals surface area contributed by atoms with E-state index in [1.54, 1.807) is 0 Å². The van der Waals surface area contributed by atoms with Crippen molar-refractivity contribution in [2.45, 2.75) is 0 Å². The molecular weight excluding hydrogens is 256 g/mol. The molecule has 17 heavy (non-hydrogen) atoms. The van der Waals surface area contributed by atoms with Crippen molar-refractivity contribution >= 4 is 28.8 Å². The van der Waals surface area contributed by atoms with E-state index >= 15 is 0 Å². The molecule has 1 rings (SSSR count). The lowest BCUT2D eigenvalue weighted by molar-refractivity contribution is -0.394. The van der Waals surface area contributed by atoms with Crippen molar-refractivity contribution in [3.63, 3.8) is 0 Å². The van der Waals surface area contributed by atoms with Crippen LogP contribution in [-0.4, -0.2) is 26.6 Å². The summed E-state index contributed by atoms with van der Waals surface area (Å²) in [4.78, 5) is 30.4. The number of nitrogens with zero attached hydrogens (tertiary/aromatic N) is 2. The summed E-state index contributed by atoms with van der Waals surface area (Å²) < 4.78 is 0. The van der Waals surface area contributed by atoms with Gasteiger partial charge in [-0.3, -0.25) is 25.0 Å². The van der Waals surface area contributed by atoms with Gasteiger partial charge in [0.25, 0.3) is 5.69 Å². The second-order valence-corrected chi connectivity index (χ2v) is 3.20. The number of hydrogen-bond donors (Lipinski definition) is 1. The van der Waals surface area contributed by atoms with Crippen molar-refractivity contribution in [1.82, 2.24) is 0 Å². The third-order valence-electron chi connectivity index (χ3n) is 1.90. The van der Waals surface area contributed by atoms with Gasteiger partial charge >= 0.3 is 5.69 Å². The molecule has 0 spiro atoms. The normalized spacial score (nSPS) is 9.94. The Hall–Kier alpha value is -2.22. The number of phenols is 1. The Balaban J connectivity index is 3.54. The Morgan fingerprint density at radius 2 is 1.88 bits per heavy atom. The van der Waals surface area contributed by atoms with Gasteiger partial charge in [-0.1, -0.05) is 0 Å². The molecule has 0 atom stereocenters. The summed E-state index contributed by atoms with van der Waals surface area (Å²) >= 11 is 5.22. The van der Waals surface area contributed by atoms with Crippen LogP contribution in [0.4, 0.5) is 11.4 Å². The number of non-ortho nitro benzene ring substituents is 1. The van der Waals surface area contributed by atoms with Crippen LogP contribution in [0.3, 0.4) is 0 Å². The zero-order valence-electron chi connectivity index (χ0n) is 8.12. The average Bonchev–Trinajstić information content (AvgIpc) is 2.27. The van der Waals surface area contributed by atoms with E-state index in [9.17, 15) is 30.1 Å². The fraction of sp³-hybridized carbons (Fsp3) is 0.125. The summed E-state index contributed by atoms with van der Waals surface area (Å²) in [5, 5.41) is 30.5. The van der Waals surface area contributed by atoms with Gasteiger partial charge in [-0.15, -0.1) is 11.6 Å². The van der Waals surface area contributed by atoms with Crippen LogP contribution in [-0.2, 0) is 0 Å². The first-order chi connectivity index (χ1) is 7.88. The van der Waals surface area contributed by atoms with E-state index < -0.39 is 44.2 Å². The molecule has 1 aromatic carbocycles. The number of carbonyl (C=O) groups is 1. The highest BCUT2D eigenvalue weighted by Crippen LogP contribution is 2.34. The third-order valence-corrected chi connectivity index (χ3v) is 2.15. The molecule has 8 nitrogen and oxygen atoms in total. The van der Waals surface area contributed by atoms with Crippen molar-refractivity contribution in [3.05, 3.63) is 37.9 Å². The predicted octanol–water partition coefficient (Wildman–Crippen LogP) is 1.63. The van der Waals surface area contributed by atoms with E-state index in [-0.39, 0.29) is 0 Å². The number of alkyl halides is 1. The molecule has 0 fully saturated rings. The van der Waals surface area contributed by atoms with E-state index in [0.29, 0.717) is 6.07 Å². The van der Waals surface area contributed by atoms with Crippen LogP contribution < -0.4 is 0 Å². The second kappa shape index (κ2) is 4.74. The number of carbonyl (C=O) groups excluding carboxylic acids is 1. The van der Waals surface area contributed by atoms with E-state index in [2.05, 4.69) is 0 Å². The van der Waals surface area contributed by atoms with Gasteiger partial charge in [0.1, 0.15) is 0 Å². The lowest BCUT2D eigenvalue weighted by Gasteiger charge is -2.02. The van der Waals surface area contributed by atoms with Gasteiger partial charge in [-0.05, 0) is 0 Å². The standard InChI is InChI=1S/C8H5ClN2O6/c9-3-7(12)5-1-4(10(14)15)2-6(8(5)13)11(16)17/h1-2,13H,3H2. The van der Waals surface area contributed by atoms with Gasteiger partial charge in [-0.2, -0.15) is 0 Å². The first-order valence-corrected chi connectivity index (χ1v) is 4.67. The molecule has 0 aliphatic rings. The summed E-state index contributed by atoms with van der Waals surface area (Å²) in [6.45, 7) is 0. The van der Waals surface area contributed by atoms with Gasteiger partial charge in [0, 0.05) is 6.07 Å². The number of benzene rings is 1. The van der Waals surface area contributed by atoms with Crippen LogP contribution in [0.1, 0.15) is 10.4 Å². The van der Waals surface area contributed by atoms with Crippen LogP contribution in [0, 0.1) is 20.2 Å². The first kappa shape index (κ1) is 12.8. The van der Waals surface area contributed by atoms with Crippen molar-refractivity contribution < 1.29 is 19.7 Å². The maximum absolute atomic E-state index is 11.2. The molecule has 1 aromatic rings. The molecule has 1 N–H and O–H groups in total. The molecular formula is C8H5ClN2O6. The van der Waals surface area contributed by atoms with Gasteiger partial charge < -0.3 is 5.11 Å². The zero-order valence-corrected chi connectivity index (χ0v) is 8.88. The van der Waals surface area contributed by atoms with E-state index in [1.807, 2.05) is 0 Å². The largest absolute Gasteiger partial charge is 0.502 e. The topological polar surface area (TPSA) is 124 Å². The Kier molecular flexibility index (Phi) is 3.59. The smallest absolute Gasteiger partial charge is 0.318 e. The molecule has 0 aliphatic carbocycles. The fourth-order valence-corrected chi connectivity index (χ4v) is 1.28. The van der Waals surface area contributed by atoms with Crippen LogP contribution in [0.5, 0.6) is 5.75 Å². The lowest BCUT2D eigenvalue weighted by atomic mass is 10.1. The summed E-state index contributed by atoms with van der Waals surface area (Å²) in [6, 6.07) is 1.31. The highest BCUT2D eigenvalue weighted by Gasteiger charge is 2.26. The van der Waals surface area contributed by atoms with Gasteiger partial charge in [0.05, 0.1) is 27.4 Å². The highest BCUT2D eigenvalue weighted by atomic mass is 35.5. The summed E-state index contributed by atoms with van der Waals surface area (Å²) in [7, 11) is 0. The zero-order chi connectivity index (χ0) is 13.2. The maximum Gasteiger partial charge on any atom is 0.318 e. The fourth-order valence-electron chi connectivity index (χ4n) is 1.13. The molecule has 0 radical (unpaired) electrons. The molecule has 0 amide bonds. The Labute approximate surface area is 98.7 Å². The monoisotopic (exact) mass is 260 g/mol. The van der Waals surface area contributed by atoms with Crippen LogP contribution in [0.25, 0.3) is 0 Å². The Morgan fingerprint density at radius 3 is 2.29 bits per heavy atom. The summed E-state index contributed by atoms with van der Waals surface area (Å²) in [5.74, 6) is -2.31. The number of hydrogen-bond acceptors (Lipinski definition) is 6. The molecule has 9 heteroatoms. The number of rotatable bonds is 4. The van der Waals surface area contributed by atoms with Crippen molar-refractivity contribution in [3.8, 4) is 5.75 Å². The van der Waals surface area contributed by atoms with Gasteiger partial charge in [0.15, 0.2) is 5.78 Å². The number of aromatic hydroxyl groups is 1. The SMILES string of the molecule is O=C(CCl)c1cc([N+](=O)[O-])cc([N+](=O)[O-])c1O. The van der Waals surface area contributed by atoms with Crippen molar-refractivity contribution in [2.75, 3.05) is 5.88 Å². The van der Waals surface area contributed by atoms with E-state index in [4.69, 9.17) is 11.6 Å². The summed E-state index contributed by atoms with van der Waals surface area (Å²) in [5.41, 5.74) is -2.11.